The minimum Gasteiger partial charge on any atom is -0.497 e. The van der Waals surface area contributed by atoms with E-state index in [9.17, 15) is 4.79 Å². The summed E-state index contributed by atoms with van der Waals surface area (Å²) in [6, 6.07) is 14.6. The first-order valence-corrected chi connectivity index (χ1v) is 7.88. The van der Waals surface area contributed by atoms with Gasteiger partial charge in [-0.25, -0.2) is 0 Å². The number of benzene rings is 2. The number of halogens is 1. The summed E-state index contributed by atoms with van der Waals surface area (Å²) in [6.07, 6.45) is 1.28. The highest BCUT2D eigenvalue weighted by Crippen LogP contribution is 2.20. The van der Waals surface area contributed by atoms with Crippen molar-refractivity contribution in [3.8, 4) is 5.75 Å². The van der Waals surface area contributed by atoms with Crippen LogP contribution >= 0.6 is 23.4 Å². The number of carbonyl (C=O) groups excluding carboxylic acids is 1. The van der Waals surface area contributed by atoms with Gasteiger partial charge in [-0.3, -0.25) is 10.2 Å². The lowest BCUT2D eigenvalue weighted by Gasteiger charge is -2.02. The topological polar surface area (TPSA) is 50.7 Å². The lowest BCUT2D eigenvalue weighted by atomic mass is 10.3. The van der Waals surface area contributed by atoms with E-state index in [1.807, 2.05) is 36.4 Å². The van der Waals surface area contributed by atoms with E-state index in [1.54, 1.807) is 19.2 Å². The molecule has 0 aromatic heterocycles. The molecule has 0 saturated carbocycles. The van der Waals surface area contributed by atoms with Gasteiger partial charge in [-0.15, -0.1) is 11.8 Å². The summed E-state index contributed by atoms with van der Waals surface area (Å²) in [6.45, 7) is 0. The normalized spacial score (nSPS) is 10.6. The van der Waals surface area contributed by atoms with E-state index >= 15 is 0 Å². The second kappa shape index (κ2) is 8.46. The fourth-order valence-electron chi connectivity index (χ4n) is 1.57. The number of carbonyl (C=O) groups is 1. The number of methoxy groups -OCH3 is 1. The zero-order chi connectivity index (χ0) is 15.8. The molecule has 0 aliphatic carbocycles. The molecule has 0 amide bonds. The Labute approximate surface area is 138 Å². The fourth-order valence-corrected chi connectivity index (χ4v) is 2.40. The summed E-state index contributed by atoms with van der Waals surface area (Å²) >= 11 is 7.25. The van der Waals surface area contributed by atoms with Gasteiger partial charge in [-0.1, -0.05) is 11.6 Å². The molecule has 0 aliphatic heterocycles. The SMILES string of the molecule is COc1ccc(NN=CC(=O)CSc2ccc(Cl)cc2)cc1. The van der Waals surface area contributed by atoms with Gasteiger partial charge in [0.2, 0.25) is 0 Å². The molecule has 6 heteroatoms. The number of hydrogen-bond donors (Lipinski definition) is 1. The quantitative estimate of drug-likeness (QED) is 0.470. The lowest BCUT2D eigenvalue weighted by molar-refractivity contribution is -0.110. The van der Waals surface area contributed by atoms with Crippen molar-refractivity contribution in [2.75, 3.05) is 18.3 Å². The number of nitrogens with zero attached hydrogens (tertiary/aromatic N) is 1. The van der Waals surface area contributed by atoms with Crippen LogP contribution < -0.4 is 10.2 Å². The van der Waals surface area contributed by atoms with Crippen molar-refractivity contribution in [1.29, 1.82) is 0 Å². The first-order chi connectivity index (χ1) is 10.7. The molecule has 4 nitrogen and oxygen atoms in total. The molecular formula is C16H15ClN2O2S. The number of rotatable bonds is 7. The van der Waals surface area contributed by atoms with Gasteiger partial charge >= 0.3 is 0 Å². The molecule has 0 spiro atoms. The first-order valence-electron chi connectivity index (χ1n) is 6.52. The van der Waals surface area contributed by atoms with Crippen molar-refractivity contribution in [3.05, 3.63) is 53.6 Å². The highest BCUT2D eigenvalue weighted by molar-refractivity contribution is 8.00. The summed E-state index contributed by atoms with van der Waals surface area (Å²) in [7, 11) is 1.61. The summed E-state index contributed by atoms with van der Waals surface area (Å²) < 4.78 is 5.06. The molecule has 2 rings (SSSR count). The van der Waals surface area contributed by atoms with Gasteiger partial charge in [-0.05, 0) is 48.5 Å². The molecule has 0 saturated heterocycles. The fraction of sp³-hybridized carbons (Fsp3) is 0.125. The van der Waals surface area contributed by atoms with Crippen molar-refractivity contribution in [2.24, 2.45) is 5.10 Å². The minimum absolute atomic E-state index is 0.0686. The molecule has 0 atom stereocenters. The van der Waals surface area contributed by atoms with Crippen LogP contribution in [0.25, 0.3) is 0 Å². The van der Waals surface area contributed by atoms with Gasteiger partial charge in [0, 0.05) is 9.92 Å². The Kier molecular flexibility index (Phi) is 6.30. The van der Waals surface area contributed by atoms with Crippen molar-refractivity contribution >= 4 is 41.0 Å². The van der Waals surface area contributed by atoms with Gasteiger partial charge in [0.05, 0.1) is 24.8 Å². The smallest absolute Gasteiger partial charge is 0.185 e. The number of ketones is 1. The summed E-state index contributed by atoms with van der Waals surface area (Å²) in [5.41, 5.74) is 3.59. The Bertz CT molecular complexity index is 642. The second-order valence-electron chi connectivity index (χ2n) is 4.31. The van der Waals surface area contributed by atoms with Crippen molar-refractivity contribution < 1.29 is 9.53 Å². The molecule has 114 valence electrons. The number of ether oxygens (including phenoxy) is 1. The van der Waals surface area contributed by atoms with Crippen LogP contribution in [0.3, 0.4) is 0 Å². The lowest BCUT2D eigenvalue weighted by Crippen LogP contribution is -2.04. The minimum atomic E-state index is -0.0686. The van der Waals surface area contributed by atoms with E-state index in [0.717, 1.165) is 16.3 Å². The van der Waals surface area contributed by atoms with E-state index in [1.165, 1.54) is 18.0 Å². The van der Waals surface area contributed by atoms with Crippen LogP contribution in [0, 0.1) is 0 Å². The van der Waals surface area contributed by atoms with Crippen LogP contribution in [0.5, 0.6) is 5.75 Å². The van der Waals surface area contributed by atoms with E-state index in [-0.39, 0.29) is 5.78 Å². The van der Waals surface area contributed by atoms with E-state index in [4.69, 9.17) is 16.3 Å². The predicted octanol–water partition coefficient (Wildman–Crippen LogP) is 4.11. The van der Waals surface area contributed by atoms with E-state index < -0.39 is 0 Å². The second-order valence-corrected chi connectivity index (χ2v) is 5.79. The first kappa shape index (κ1) is 16.4. The average molecular weight is 335 g/mol. The zero-order valence-electron chi connectivity index (χ0n) is 12.0. The number of thioether (sulfide) groups is 1. The maximum Gasteiger partial charge on any atom is 0.185 e. The molecule has 0 radical (unpaired) electrons. The zero-order valence-corrected chi connectivity index (χ0v) is 13.5. The summed E-state index contributed by atoms with van der Waals surface area (Å²) in [5, 5.41) is 4.61. The standard InChI is InChI=1S/C16H15ClN2O2S/c1-21-15-6-4-13(5-7-15)19-18-10-14(20)11-22-16-8-2-12(17)3-9-16/h2-10,19H,11H2,1H3. The molecule has 22 heavy (non-hydrogen) atoms. The molecule has 2 aromatic carbocycles. The number of anilines is 1. The van der Waals surface area contributed by atoms with Crippen LogP contribution in [0.15, 0.2) is 58.5 Å². The van der Waals surface area contributed by atoms with Gasteiger partial charge in [0.1, 0.15) is 5.75 Å². The van der Waals surface area contributed by atoms with Gasteiger partial charge in [0.15, 0.2) is 5.78 Å². The van der Waals surface area contributed by atoms with Crippen molar-refractivity contribution in [3.63, 3.8) is 0 Å². The van der Waals surface area contributed by atoms with Crippen LogP contribution in [-0.4, -0.2) is 24.9 Å². The van der Waals surface area contributed by atoms with Crippen LogP contribution in [-0.2, 0) is 4.79 Å². The molecular weight excluding hydrogens is 320 g/mol. The molecule has 0 bridgehead atoms. The molecule has 0 unspecified atom stereocenters. The number of hydrazone groups is 1. The van der Waals surface area contributed by atoms with Gasteiger partial charge < -0.3 is 4.74 Å². The van der Waals surface area contributed by atoms with Crippen LogP contribution in [0.4, 0.5) is 5.69 Å². The monoisotopic (exact) mass is 334 g/mol. The van der Waals surface area contributed by atoms with Crippen molar-refractivity contribution in [1.82, 2.24) is 0 Å². The summed E-state index contributed by atoms with van der Waals surface area (Å²) in [4.78, 5) is 12.7. The molecule has 2 aromatic rings. The third-order valence-corrected chi connectivity index (χ3v) is 3.97. The Morgan fingerprint density at radius 3 is 2.55 bits per heavy atom. The third kappa shape index (κ3) is 5.42. The van der Waals surface area contributed by atoms with Gasteiger partial charge in [-0.2, -0.15) is 5.10 Å². The number of Topliss-reactive ketones (excluding diaryl/α,β-unsaturated/α-hetero) is 1. The van der Waals surface area contributed by atoms with Gasteiger partial charge in [0.25, 0.3) is 0 Å². The highest BCUT2D eigenvalue weighted by atomic mass is 35.5. The Morgan fingerprint density at radius 2 is 1.91 bits per heavy atom. The Morgan fingerprint density at radius 1 is 1.23 bits per heavy atom. The predicted molar refractivity (Wildman–Crippen MR) is 92.3 cm³/mol. The van der Waals surface area contributed by atoms with Crippen molar-refractivity contribution in [2.45, 2.75) is 4.90 Å². The highest BCUT2D eigenvalue weighted by Gasteiger charge is 2.00. The molecule has 1 N–H and O–H groups in total. The third-order valence-electron chi connectivity index (χ3n) is 2.69. The van der Waals surface area contributed by atoms with Crippen LogP contribution in [0.1, 0.15) is 0 Å². The number of hydrogen-bond acceptors (Lipinski definition) is 5. The molecule has 0 aliphatic rings. The largest absolute Gasteiger partial charge is 0.497 e. The summed E-state index contributed by atoms with van der Waals surface area (Å²) in [5.74, 6) is 1.03. The van der Waals surface area contributed by atoms with E-state index in [0.29, 0.717) is 10.8 Å². The van der Waals surface area contributed by atoms with Crippen LogP contribution in [0.2, 0.25) is 5.02 Å². The number of nitrogens with one attached hydrogen (secondary N) is 1. The van der Waals surface area contributed by atoms with E-state index in [2.05, 4.69) is 10.5 Å². The molecule has 0 fully saturated rings. The molecule has 0 heterocycles. The Balaban J connectivity index is 1.77. The maximum atomic E-state index is 11.7. The Hall–Kier alpha value is -1.98. The maximum absolute atomic E-state index is 11.7. The average Bonchev–Trinajstić information content (AvgIpc) is 2.55.